The molecule has 2 heteroatoms. The van der Waals surface area contributed by atoms with Crippen LogP contribution in [0.5, 0.6) is 5.75 Å². The van der Waals surface area contributed by atoms with E-state index in [1.54, 1.807) is 0 Å². The molecule has 1 N–H and O–H groups in total. The molecule has 0 spiro atoms. The minimum Gasteiger partial charge on any atom is -0.493 e. The van der Waals surface area contributed by atoms with Gasteiger partial charge in [-0.05, 0) is 50.0 Å². The highest BCUT2D eigenvalue weighted by Crippen LogP contribution is 2.41. The fourth-order valence-corrected chi connectivity index (χ4v) is 4.10. The second-order valence-electron chi connectivity index (χ2n) is 6.98. The van der Waals surface area contributed by atoms with Gasteiger partial charge in [-0.25, -0.2) is 0 Å². The molecule has 1 aromatic rings. The molecule has 1 unspecified atom stereocenters. The standard InChI is InChI=1S/C19H29NO/c1-3-19(11-4-5-12-19)14-20-17-10-7-13-21-18-15(2)8-6-9-16(17)18/h6,8-9,17,20H,3-5,7,10-14H2,1-2H3. The quantitative estimate of drug-likeness (QED) is 0.861. The highest BCUT2D eigenvalue weighted by Gasteiger charge is 2.33. The molecule has 0 aromatic heterocycles. The molecular weight excluding hydrogens is 258 g/mol. The van der Waals surface area contributed by atoms with Gasteiger partial charge in [0.25, 0.3) is 0 Å². The van der Waals surface area contributed by atoms with Crippen molar-refractivity contribution in [3.05, 3.63) is 29.3 Å². The summed E-state index contributed by atoms with van der Waals surface area (Å²) < 4.78 is 5.99. The maximum atomic E-state index is 5.99. The molecule has 1 aliphatic carbocycles. The summed E-state index contributed by atoms with van der Waals surface area (Å²) in [6.07, 6.45) is 9.28. The van der Waals surface area contributed by atoms with E-state index in [-0.39, 0.29) is 0 Å². The van der Waals surface area contributed by atoms with Crippen LogP contribution in [0.15, 0.2) is 18.2 Å². The van der Waals surface area contributed by atoms with Crippen molar-refractivity contribution in [1.82, 2.24) is 5.32 Å². The van der Waals surface area contributed by atoms with Gasteiger partial charge in [0, 0.05) is 18.2 Å². The average Bonchev–Trinajstić information content (AvgIpc) is 2.87. The van der Waals surface area contributed by atoms with Crippen molar-refractivity contribution in [1.29, 1.82) is 0 Å². The normalized spacial score (nSPS) is 24.2. The van der Waals surface area contributed by atoms with E-state index in [1.165, 1.54) is 56.2 Å². The molecule has 2 aliphatic rings. The Morgan fingerprint density at radius 2 is 2.05 bits per heavy atom. The summed E-state index contributed by atoms with van der Waals surface area (Å²) in [4.78, 5) is 0. The minimum atomic E-state index is 0.464. The largest absolute Gasteiger partial charge is 0.493 e. The first-order valence-electron chi connectivity index (χ1n) is 8.70. The molecule has 0 amide bonds. The molecule has 1 aromatic carbocycles. The molecule has 0 saturated heterocycles. The monoisotopic (exact) mass is 287 g/mol. The van der Waals surface area contributed by atoms with Crippen LogP contribution in [0, 0.1) is 12.3 Å². The Morgan fingerprint density at radius 1 is 1.24 bits per heavy atom. The van der Waals surface area contributed by atoms with Crippen molar-refractivity contribution < 1.29 is 4.74 Å². The van der Waals surface area contributed by atoms with Gasteiger partial charge in [-0.1, -0.05) is 38.0 Å². The third kappa shape index (κ3) is 3.11. The lowest BCUT2D eigenvalue weighted by atomic mass is 9.83. The lowest BCUT2D eigenvalue weighted by molar-refractivity contribution is 0.252. The summed E-state index contributed by atoms with van der Waals surface area (Å²) >= 11 is 0. The first-order valence-corrected chi connectivity index (χ1v) is 8.70. The zero-order valence-corrected chi connectivity index (χ0v) is 13.6. The first kappa shape index (κ1) is 14.9. The number of rotatable bonds is 4. The predicted molar refractivity (Wildman–Crippen MR) is 87.8 cm³/mol. The van der Waals surface area contributed by atoms with Gasteiger partial charge in [0.2, 0.25) is 0 Å². The number of hydrogen-bond acceptors (Lipinski definition) is 2. The van der Waals surface area contributed by atoms with Crippen molar-refractivity contribution in [3.8, 4) is 5.75 Å². The Balaban J connectivity index is 1.75. The molecule has 3 rings (SSSR count). The van der Waals surface area contributed by atoms with Crippen molar-refractivity contribution >= 4 is 0 Å². The second kappa shape index (κ2) is 6.39. The van der Waals surface area contributed by atoms with Gasteiger partial charge in [0.1, 0.15) is 5.75 Å². The second-order valence-corrected chi connectivity index (χ2v) is 6.98. The summed E-state index contributed by atoms with van der Waals surface area (Å²) in [5, 5.41) is 3.90. The molecule has 1 atom stereocenters. The average molecular weight is 287 g/mol. The van der Waals surface area contributed by atoms with E-state index in [0.29, 0.717) is 11.5 Å². The topological polar surface area (TPSA) is 21.3 Å². The van der Waals surface area contributed by atoms with Gasteiger partial charge >= 0.3 is 0 Å². The number of benzene rings is 1. The zero-order valence-electron chi connectivity index (χ0n) is 13.6. The van der Waals surface area contributed by atoms with Gasteiger partial charge in [-0.15, -0.1) is 0 Å². The van der Waals surface area contributed by atoms with Crippen LogP contribution >= 0.6 is 0 Å². The Kier molecular flexibility index (Phi) is 4.54. The van der Waals surface area contributed by atoms with E-state index in [0.717, 1.165) is 18.8 Å². The first-order chi connectivity index (χ1) is 10.2. The maximum Gasteiger partial charge on any atom is 0.126 e. The lowest BCUT2D eigenvalue weighted by Gasteiger charge is -2.31. The van der Waals surface area contributed by atoms with Gasteiger partial charge in [0.05, 0.1) is 6.61 Å². The number of ether oxygens (including phenoxy) is 1. The van der Waals surface area contributed by atoms with E-state index < -0.39 is 0 Å². The van der Waals surface area contributed by atoms with Crippen molar-refractivity contribution in [2.75, 3.05) is 13.2 Å². The Labute approximate surface area is 129 Å². The SMILES string of the molecule is CCC1(CNC2CCCOc3c(C)cccc32)CCCC1. The van der Waals surface area contributed by atoms with Crippen LogP contribution < -0.4 is 10.1 Å². The summed E-state index contributed by atoms with van der Waals surface area (Å²) in [7, 11) is 0. The Hall–Kier alpha value is -1.02. The number of nitrogens with one attached hydrogen (secondary N) is 1. The van der Waals surface area contributed by atoms with Crippen molar-refractivity contribution in [3.63, 3.8) is 0 Å². The van der Waals surface area contributed by atoms with Gasteiger partial charge in [-0.3, -0.25) is 0 Å². The predicted octanol–water partition coefficient (Wildman–Crippen LogP) is 4.77. The van der Waals surface area contributed by atoms with Gasteiger partial charge in [0.15, 0.2) is 0 Å². The molecule has 0 bridgehead atoms. The van der Waals surface area contributed by atoms with Gasteiger partial charge in [-0.2, -0.15) is 0 Å². The van der Waals surface area contributed by atoms with Crippen LogP contribution in [0.3, 0.4) is 0 Å². The van der Waals surface area contributed by atoms with Crippen LogP contribution in [0.4, 0.5) is 0 Å². The molecule has 1 fully saturated rings. The van der Waals surface area contributed by atoms with E-state index >= 15 is 0 Å². The zero-order chi connectivity index (χ0) is 14.7. The highest BCUT2D eigenvalue weighted by atomic mass is 16.5. The van der Waals surface area contributed by atoms with Crippen LogP contribution in [-0.4, -0.2) is 13.2 Å². The minimum absolute atomic E-state index is 0.464. The Bertz CT molecular complexity index is 476. The fraction of sp³-hybridized carbons (Fsp3) is 0.684. The number of aryl methyl sites for hydroxylation is 1. The number of para-hydroxylation sites is 1. The van der Waals surface area contributed by atoms with Crippen LogP contribution in [0.2, 0.25) is 0 Å². The van der Waals surface area contributed by atoms with Crippen LogP contribution in [0.1, 0.15) is 69.0 Å². The van der Waals surface area contributed by atoms with Crippen molar-refractivity contribution in [2.45, 2.75) is 64.8 Å². The van der Waals surface area contributed by atoms with E-state index in [9.17, 15) is 0 Å². The summed E-state index contributed by atoms with van der Waals surface area (Å²) in [5.74, 6) is 1.13. The van der Waals surface area contributed by atoms with Crippen molar-refractivity contribution in [2.24, 2.45) is 5.41 Å². The van der Waals surface area contributed by atoms with Gasteiger partial charge < -0.3 is 10.1 Å². The molecule has 21 heavy (non-hydrogen) atoms. The third-order valence-electron chi connectivity index (χ3n) is 5.64. The summed E-state index contributed by atoms with van der Waals surface area (Å²) in [6, 6.07) is 7.04. The smallest absolute Gasteiger partial charge is 0.126 e. The Morgan fingerprint density at radius 3 is 2.81 bits per heavy atom. The summed E-state index contributed by atoms with van der Waals surface area (Å²) in [5.41, 5.74) is 3.20. The highest BCUT2D eigenvalue weighted by molar-refractivity contribution is 5.43. The maximum absolute atomic E-state index is 5.99. The molecule has 2 nitrogen and oxygen atoms in total. The molecule has 0 radical (unpaired) electrons. The van der Waals surface area contributed by atoms with Crippen LogP contribution in [-0.2, 0) is 0 Å². The molecule has 1 aliphatic heterocycles. The number of fused-ring (bicyclic) bond motifs is 1. The molecule has 1 saturated carbocycles. The fourth-order valence-electron chi connectivity index (χ4n) is 4.10. The van der Waals surface area contributed by atoms with E-state index in [2.05, 4.69) is 37.4 Å². The lowest BCUT2D eigenvalue weighted by Crippen LogP contribution is -2.34. The van der Waals surface area contributed by atoms with E-state index in [1.807, 2.05) is 0 Å². The number of hydrogen-bond donors (Lipinski definition) is 1. The third-order valence-corrected chi connectivity index (χ3v) is 5.64. The summed E-state index contributed by atoms with van der Waals surface area (Å²) in [6.45, 7) is 6.55. The molecule has 1 heterocycles. The molecular formula is C19H29NO. The van der Waals surface area contributed by atoms with E-state index in [4.69, 9.17) is 4.74 Å². The molecule has 116 valence electrons. The van der Waals surface area contributed by atoms with Crippen LogP contribution in [0.25, 0.3) is 0 Å².